The van der Waals surface area contributed by atoms with Crippen LogP contribution in [0, 0.1) is 0 Å². The third-order valence-corrected chi connectivity index (χ3v) is 6.32. The van der Waals surface area contributed by atoms with Crippen LogP contribution in [0.4, 0.5) is 0 Å². The third kappa shape index (κ3) is 3.36. The summed E-state index contributed by atoms with van der Waals surface area (Å²) in [6.45, 7) is 7.01. The van der Waals surface area contributed by atoms with Crippen LogP contribution in [0.15, 0.2) is 29.2 Å². The molecular formula is C17H26N2O2S. The summed E-state index contributed by atoms with van der Waals surface area (Å²) in [5.74, 6) is 0. The van der Waals surface area contributed by atoms with E-state index in [4.69, 9.17) is 0 Å². The van der Waals surface area contributed by atoms with Gasteiger partial charge in [-0.25, -0.2) is 8.42 Å². The number of hydrogen-bond acceptors (Lipinski definition) is 4. The summed E-state index contributed by atoms with van der Waals surface area (Å²) in [7, 11) is -3.10. The van der Waals surface area contributed by atoms with E-state index in [1.807, 2.05) is 12.1 Å². The fraction of sp³-hybridized carbons (Fsp3) is 0.647. The van der Waals surface area contributed by atoms with Crippen LogP contribution in [0.2, 0.25) is 0 Å². The van der Waals surface area contributed by atoms with Crippen LogP contribution in [0.3, 0.4) is 0 Å². The summed E-state index contributed by atoms with van der Waals surface area (Å²) in [6, 6.07) is 8.44. The Kier molecular flexibility index (Phi) is 4.57. The molecule has 2 fully saturated rings. The standard InChI is InChI=1S/C17H26N2O2S/c1-14(15-5-7-17(8-6-15)22(2,20)21)19-12-9-16(13-19)18-10-3-4-11-18/h5-8,14,16H,3-4,9-13H2,1-2H3/t14-,16+/m0/s1. The molecule has 3 rings (SSSR count). The predicted octanol–water partition coefficient (Wildman–Crippen LogP) is 2.32. The maximum Gasteiger partial charge on any atom is 0.175 e. The van der Waals surface area contributed by atoms with Gasteiger partial charge in [-0.1, -0.05) is 12.1 Å². The van der Waals surface area contributed by atoms with E-state index in [9.17, 15) is 8.42 Å². The van der Waals surface area contributed by atoms with Crippen molar-refractivity contribution in [3.8, 4) is 0 Å². The van der Waals surface area contributed by atoms with Gasteiger partial charge in [0.1, 0.15) is 0 Å². The Bertz CT molecular complexity index is 606. The van der Waals surface area contributed by atoms with Crippen LogP contribution in [0.25, 0.3) is 0 Å². The van der Waals surface area contributed by atoms with Crippen molar-refractivity contribution in [2.45, 2.75) is 43.2 Å². The van der Waals surface area contributed by atoms with Gasteiger partial charge in [-0.2, -0.15) is 0 Å². The predicted molar refractivity (Wildman–Crippen MR) is 88.8 cm³/mol. The molecule has 0 aliphatic carbocycles. The van der Waals surface area contributed by atoms with Crippen LogP contribution >= 0.6 is 0 Å². The van der Waals surface area contributed by atoms with Crippen molar-refractivity contribution < 1.29 is 8.42 Å². The molecule has 2 aliphatic heterocycles. The number of rotatable bonds is 4. The third-order valence-electron chi connectivity index (χ3n) is 5.19. The lowest BCUT2D eigenvalue weighted by molar-refractivity contribution is 0.208. The second-order valence-electron chi connectivity index (χ2n) is 6.70. The van der Waals surface area contributed by atoms with Gasteiger partial charge in [0.2, 0.25) is 0 Å². The Labute approximate surface area is 134 Å². The summed E-state index contributed by atoms with van der Waals surface area (Å²) in [4.78, 5) is 5.57. The van der Waals surface area contributed by atoms with E-state index >= 15 is 0 Å². The Morgan fingerprint density at radius 3 is 2.32 bits per heavy atom. The van der Waals surface area contributed by atoms with E-state index in [0.29, 0.717) is 17.0 Å². The SMILES string of the molecule is C[C@@H](c1ccc(S(C)(=O)=O)cc1)N1CC[C@@H](N2CCCC2)C1. The van der Waals surface area contributed by atoms with E-state index in [0.717, 1.165) is 13.1 Å². The Balaban J connectivity index is 1.65. The molecule has 0 spiro atoms. The fourth-order valence-electron chi connectivity index (χ4n) is 3.73. The lowest BCUT2D eigenvalue weighted by atomic mass is 10.1. The first-order valence-corrected chi connectivity index (χ1v) is 10.1. The smallest absolute Gasteiger partial charge is 0.175 e. The van der Waals surface area contributed by atoms with Crippen LogP contribution in [-0.4, -0.2) is 56.7 Å². The molecule has 22 heavy (non-hydrogen) atoms. The lowest BCUT2D eigenvalue weighted by Crippen LogP contribution is -2.35. The van der Waals surface area contributed by atoms with Crippen molar-refractivity contribution in [1.82, 2.24) is 9.80 Å². The minimum atomic E-state index is -3.10. The normalized spacial score (nSPS) is 25.6. The van der Waals surface area contributed by atoms with Crippen molar-refractivity contribution >= 4 is 9.84 Å². The van der Waals surface area contributed by atoms with Crippen molar-refractivity contribution in [3.05, 3.63) is 29.8 Å². The molecule has 0 unspecified atom stereocenters. The molecule has 2 aliphatic rings. The summed E-state index contributed by atoms with van der Waals surface area (Å²) in [5.41, 5.74) is 1.20. The van der Waals surface area contributed by atoms with Crippen molar-refractivity contribution in [2.75, 3.05) is 32.4 Å². The van der Waals surface area contributed by atoms with Gasteiger partial charge in [0.25, 0.3) is 0 Å². The summed E-state index contributed by atoms with van der Waals surface area (Å²) in [6.07, 6.45) is 5.20. The zero-order chi connectivity index (χ0) is 15.7. The monoisotopic (exact) mass is 322 g/mol. The van der Waals surface area contributed by atoms with Crippen LogP contribution in [0.1, 0.15) is 37.8 Å². The number of nitrogens with zero attached hydrogens (tertiary/aromatic N) is 2. The zero-order valence-corrected chi connectivity index (χ0v) is 14.3. The maximum absolute atomic E-state index is 11.5. The van der Waals surface area contributed by atoms with Gasteiger partial charge in [0, 0.05) is 31.4 Å². The first-order valence-electron chi connectivity index (χ1n) is 8.23. The molecule has 2 heterocycles. The highest BCUT2D eigenvalue weighted by Gasteiger charge is 2.31. The molecule has 2 saturated heterocycles. The molecule has 122 valence electrons. The van der Waals surface area contributed by atoms with Gasteiger partial charge in [-0.05, 0) is 57.0 Å². The highest BCUT2D eigenvalue weighted by Crippen LogP contribution is 2.28. The quantitative estimate of drug-likeness (QED) is 0.853. The van der Waals surface area contributed by atoms with Gasteiger partial charge in [0.15, 0.2) is 9.84 Å². The van der Waals surface area contributed by atoms with Gasteiger partial charge < -0.3 is 0 Å². The number of hydrogen-bond donors (Lipinski definition) is 0. The summed E-state index contributed by atoms with van der Waals surface area (Å²) in [5, 5.41) is 0. The highest BCUT2D eigenvalue weighted by molar-refractivity contribution is 7.90. The molecule has 1 aromatic rings. The first-order chi connectivity index (χ1) is 10.4. The van der Waals surface area contributed by atoms with Crippen molar-refractivity contribution in [2.24, 2.45) is 0 Å². The summed E-state index contributed by atoms with van der Waals surface area (Å²) >= 11 is 0. The molecule has 0 N–H and O–H groups in total. The van der Waals surface area contributed by atoms with E-state index in [1.54, 1.807) is 12.1 Å². The molecule has 0 radical (unpaired) electrons. The molecule has 0 bridgehead atoms. The number of benzene rings is 1. The highest BCUT2D eigenvalue weighted by atomic mass is 32.2. The Morgan fingerprint density at radius 1 is 1.09 bits per heavy atom. The topological polar surface area (TPSA) is 40.6 Å². The first kappa shape index (κ1) is 16.0. The van der Waals surface area contributed by atoms with Crippen LogP contribution < -0.4 is 0 Å². The van der Waals surface area contributed by atoms with Gasteiger partial charge >= 0.3 is 0 Å². The molecule has 0 saturated carbocycles. The van der Waals surface area contributed by atoms with E-state index in [1.165, 1.54) is 44.2 Å². The van der Waals surface area contributed by atoms with E-state index < -0.39 is 9.84 Å². The minimum Gasteiger partial charge on any atom is -0.299 e. The lowest BCUT2D eigenvalue weighted by Gasteiger charge is -2.27. The minimum absolute atomic E-state index is 0.348. The molecule has 0 aromatic heterocycles. The summed E-state index contributed by atoms with van der Waals surface area (Å²) < 4.78 is 23.1. The van der Waals surface area contributed by atoms with Gasteiger partial charge in [-0.15, -0.1) is 0 Å². The molecule has 2 atom stereocenters. The maximum atomic E-state index is 11.5. The molecule has 4 nitrogen and oxygen atoms in total. The fourth-order valence-corrected chi connectivity index (χ4v) is 4.36. The van der Waals surface area contributed by atoms with Crippen LogP contribution in [-0.2, 0) is 9.84 Å². The average molecular weight is 322 g/mol. The average Bonchev–Trinajstić information content (AvgIpc) is 3.16. The number of likely N-dealkylation sites (tertiary alicyclic amines) is 2. The second-order valence-corrected chi connectivity index (χ2v) is 8.71. The molecule has 1 aromatic carbocycles. The zero-order valence-electron chi connectivity index (χ0n) is 13.5. The number of sulfone groups is 1. The second kappa shape index (κ2) is 6.30. The van der Waals surface area contributed by atoms with Gasteiger partial charge in [0.05, 0.1) is 4.90 Å². The molecular weight excluding hydrogens is 296 g/mol. The van der Waals surface area contributed by atoms with Crippen molar-refractivity contribution in [1.29, 1.82) is 0 Å². The molecule has 5 heteroatoms. The van der Waals surface area contributed by atoms with Crippen LogP contribution in [0.5, 0.6) is 0 Å². The Hall–Kier alpha value is -0.910. The van der Waals surface area contributed by atoms with Crippen molar-refractivity contribution in [3.63, 3.8) is 0 Å². The Morgan fingerprint density at radius 2 is 1.73 bits per heavy atom. The van der Waals surface area contributed by atoms with E-state index in [2.05, 4.69) is 16.7 Å². The van der Waals surface area contributed by atoms with Gasteiger partial charge in [-0.3, -0.25) is 9.80 Å². The largest absolute Gasteiger partial charge is 0.299 e. The molecule has 0 amide bonds. The van der Waals surface area contributed by atoms with E-state index in [-0.39, 0.29) is 0 Å².